The Balaban J connectivity index is 1.75. The molecule has 9 heteroatoms. The molecule has 0 unspecified atom stereocenters. The third-order valence-electron chi connectivity index (χ3n) is 4.05. The Bertz CT molecular complexity index is 865. The molecular weight excluding hydrogens is 372 g/mol. The number of fused-ring (bicyclic) bond motifs is 1. The normalized spacial score (nSPS) is 16.7. The number of hydrogen-bond acceptors (Lipinski definition) is 7. The minimum absolute atomic E-state index is 0.0735. The Labute approximate surface area is 159 Å². The van der Waals surface area contributed by atoms with Crippen molar-refractivity contribution in [3.63, 3.8) is 0 Å². The third-order valence-corrected chi connectivity index (χ3v) is 6.26. The van der Waals surface area contributed by atoms with Gasteiger partial charge < -0.3 is 15.3 Å². The minimum atomic E-state index is -0.906. The second kappa shape index (κ2) is 8.15. The summed E-state index contributed by atoms with van der Waals surface area (Å²) in [5.41, 5.74) is 1.78. The van der Waals surface area contributed by atoms with Crippen molar-refractivity contribution >= 4 is 50.2 Å². The number of aliphatic carboxylic acids is 1. The second-order valence-electron chi connectivity index (χ2n) is 6.02. The van der Waals surface area contributed by atoms with E-state index in [1.165, 1.54) is 23.1 Å². The highest BCUT2D eigenvalue weighted by atomic mass is 32.2. The summed E-state index contributed by atoms with van der Waals surface area (Å²) in [5.74, 6) is -0.389. The summed E-state index contributed by atoms with van der Waals surface area (Å²) in [4.78, 5) is 33.8. The first-order valence-electron chi connectivity index (χ1n) is 8.19. The van der Waals surface area contributed by atoms with E-state index in [4.69, 9.17) is 5.11 Å². The van der Waals surface area contributed by atoms with Crippen molar-refractivity contribution in [2.45, 2.75) is 12.5 Å². The van der Waals surface area contributed by atoms with Gasteiger partial charge in [-0.15, -0.1) is 23.1 Å². The van der Waals surface area contributed by atoms with Crippen molar-refractivity contribution in [3.8, 4) is 0 Å². The van der Waals surface area contributed by atoms with Crippen molar-refractivity contribution in [1.29, 1.82) is 0 Å². The molecule has 0 bridgehead atoms. The molecular formula is C17H20N4O3S2. The summed E-state index contributed by atoms with van der Waals surface area (Å²) >= 11 is 2.91. The zero-order valence-electron chi connectivity index (χ0n) is 14.6. The van der Waals surface area contributed by atoms with E-state index >= 15 is 0 Å². The SMILES string of the molecule is CNCCN(C)C(=O)Cc1ccc2nc(C3=N[C@@H](C(=O)O)CS3)sc2c1. The van der Waals surface area contributed by atoms with Gasteiger partial charge >= 0.3 is 5.97 Å². The van der Waals surface area contributed by atoms with Crippen molar-refractivity contribution < 1.29 is 14.7 Å². The first kappa shape index (κ1) is 18.8. The van der Waals surface area contributed by atoms with Gasteiger partial charge in [-0.25, -0.2) is 9.78 Å². The highest BCUT2D eigenvalue weighted by molar-refractivity contribution is 8.15. The molecule has 0 saturated heterocycles. The van der Waals surface area contributed by atoms with Crippen LogP contribution in [0.15, 0.2) is 23.2 Å². The Morgan fingerprint density at radius 2 is 2.23 bits per heavy atom. The fourth-order valence-electron chi connectivity index (χ4n) is 2.50. The van der Waals surface area contributed by atoms with Gasteiger partial charge in [-0.05, 0) is 24.7 Å². The quantitative estimate of drug-likeness (QED) is 0.741. The van der Waals surface area contributed by atoms with Gasteiger partial charge in [-0.1, -0.05) is 6.07 Å². The van der Waals surface area contributed by atoms with Crippen LogP contribution in [-0.2, 0) is 16.0 Å². The topological polar surface area (TPSA) is 94.9 Å². The summed E-state index contributed by atoms with van der Waals surface area (Å²) in [6.45, 7) is 1.43. The lowest BCUT2D eigenvalue weighted by molar-refractivity contribution is -0.137. The zero-order valence-corrected chi connectivity index (χ0v) is 16.2. The van der Waals surface area contributed by atoms with E-state index in [1.54, 1.807) is 11.9 Å². The van der Waals surface area contributed by atoms with Gasteiger partial charge in [0, 0.05) is 25.9 Å². The van der Waals surface area contributed by atoms with Gasteiger partial charge in [0.2, 0.25) is 5.91 Å². The molecule has 0 radical (unpaired) electrons. The van der Waals surface area contributed by atoms with Crippen LogP contribution in [0, 0.1) is 0 Å². The molecule has 3 rings (SSSR count). The number of aliphatic imine (C=N–C) groups is 1. The number of nitrogens with zero attached hydrogens (tertiary/aromatic N) is 3. The summed E-state index contributed by atoms with van der Waals surface area (Å²) in [7, 11) is 3.66. The minimum Gasteiger partial charge on any atom is -0.480 e. The Hall–Kier alpha value is -1.97. The lowest BCUT2D eigenvalue weighted by atomic mass is 10.1. The van der Waals surface area contributed by atoms with E-state index in [0.717, 1.165) is 27.3 Å². The molecule has 1 aromatic heterocycles. The van der Waals surface area contributed by atoms with Crippen molar-refractivity contribution in [2.24, 2.45) is 4.99 Å². The number of carboxylic acids is 1. The van der Waals surface area contributed by atoms with Crippen LogP contribution in [0.2, 0.25) is 0 Å². The zero-order chi connectivity index (χ0) is 18.7. The summed E-state index contributed by atoms with van der Waals surface area (Å²) in [6.07, 6.45) is 0.347. The fourth-order valence-corrected chi connectivity index (χ4v) is 4.63. The molecule has 26 heavy (non-hydrogen) atoms. The molecule has 138 valence electrons. The molecule has 7 nitrogen and oxygen atoms in total. The number of hydrogen-bond donors (Lipinski definition) is 2. The average Bonchev–Trinajstić information content (AvgIpc) is 3.25. The first-order chi connectivity index (χ1) is 12.5. The molecule has 1 atom stereocenters. The van der Waals surface area contributed by atoms with E-state index in [1.807, 2.05) is 25.2 Å². The van der Waals surface area contributed by atoms with Gasteiger partial charge in [0.05, 0.1) is 16.6 Å². The van der Waals surface area contributed by atoms with Crippen LogP contribution in [0.25, 0.3) is 10.2 Å². The molecule has 0 aliphatic carbocycles. The van der Waals surface area contributed by atoms with Crippen molar-refractivity contribution in [1.82, 2.24) is 15.2 Å². The van der Waals surface area contributed by atoms with Gasteiger partial charge in [0.25, 0.3) is 0 Å². The number of rotatable bonds is 7. The molecule has 1 aliphatic heterocycles. The molecule has 1 amide bonds. The molecule has 1 aliphatic rings. The van der Waals surface area contributed by atoms with Gasteiger partial charge in [-0.3, -0.25) is 9.79 Å². The van der Waals surface area contributed by atoms with Gasteiger partial charge in [-0.2, -0.15) is 0 Å². The van der Waals surface area contributed by atoms with Crippen molar-refractivity contribution in [3.05, 3.63) is 28.8 Å². The highest BCUT2D eigenvalue weighted by Crippen LogP contribution is 2.30. The van der Waals surface area contributed by atoms with E-state index < -0.39 is 12.0 Å². The van der Waals surface area contributed by atoms with Crippen LogP contribution in [0.1, 0.15) is 10.6 Å². The number of benzene rings is 1. The smallest absolute Gasteiger partial charge is 0.329 e. The average molecular weight is 393 g/mol. The number of carbonyl (C=O) groups excluding carboxylic acids is 1. The van der Waals surface area contributed by atoms with E-state index in [-0.39, 0.29) is 5.91 Å². The highest BCUT2D eigenvalue weighted by Gasteiger charge is 2.26. The van der Waals surface area contributed by atoms with E-state index in [9.17, 15) is 9.59 Å². The summed E-state index contributed by atoms with van der Waals surface area (Å²) in [5, 5.41) is 13.5. The maximum absolute atomic E-state index is 12.3. The van der Waals surface area contributed by atoms with Crippen molar-refractivity contribution in [2.75, 3.05) is 32.9 Å². The number of likely N-dealkylation sites (N-methyl/N-ethyl adjacent to an activating group) is 2. The number of thioether (sulfide) groups is 1. The standard InChI is InChI=1S/C17H20N4O3S2/c1-18-5-6-21(2)14(22)8-10-3-4-11-13(7-10)26-16(19-11)15-20-12(9-25-15)17(23)24/h3-4,7,12,18H,5-6,8-9H2,1-2H3,(H,23,24)/t12-/m1/s1. The predicted molar refractivity (Wildman–Crippen MR) is 105 cm³/mol. The molecule has 0 saturated carbocycles. The number of thiazole rings is 1. The van der Waals surface area contributed by atoms with Crippen LogP contribution in [-0.4, -0.2) is 70.9 Å². The van der Waals surface area contributed by atoms with Gasteiger partial charge in [0.15, 0.2) is 6.04 Å². The Kier molecular flexibility index (Phi) is 5.90. The van der Waals surface area contributed by atoms with Gasteiger partial charge in [0.1, 0.15) is 10.1 Å². The van der Waals surface area contributed by atoms with Crippen LogP contribution in [0.5, 0.6) is 0 Å². The molecule has 2 heterocycles. The number of carbonyl (C=O) groups is 2. The monoisotopic (exact) mass is 392 g/mol. The molecule has 1 aromatic carbocycles. The molecule has 0 spiro atoms. The van der Waals surface area contributed by atoms with E-state index in [2.05, 4.69) is 15.3 Å². The number of nitrogens with one attached hydrogen (secondary N) is 1. The second-order valence-corrected chi connectivity index (χ2v) is 8.06. The number of carboxylic acid groups (broad SMARTS) is 1. The largest absolute Gasteiger partial charge is 0.480 e. The first-order valence-corrected chi connectivity index (χ1v) is 10.00. The number of amides is 1. The Morgan fingerprint density at radius 1 is 1.42 bits per heavy atom. The fraction of sp³-hybridized carbons (Fsp3) is 0.412. The molecule has 0 fully saturated rings. The third kappa shape index (κ3) is 4.22. The molecule has 2 aromatic rings. The van der Waals surface area contributed by atoms with Crippen LogP contribution >= 0.6 is 23.1 Å². The van der Waals surface area contributed by atoms with Crippen LogP contribution in [0.3, 0.4) is 0 Å². The predicted octanol–water partition coefficient (Wildman–Crippen LogP) is 1.46. The molecule has 2 N–H and O–H groups in total. The maximum atomic E-state index is 12.3. The summed E-state index contributed by atoms with van der Waals surface area (Å²) < 4.78 is 0.977. The maximum Gasteiger partial charge on any atom is 0.329 e. The summed E-state index contributed by atoms with van der Waals surface area (Å²) in [6, 6.07) is 5.11. The van der Waals surface area contributed by atoms with Crippen LogP contribution < -0.4 is 5.32 Å². The van der Waals surface area contributed by atoms with E-state index in [0.29, 0.717) is 23.8 Å². The lowest BCUT2D eigenvalue weighted by Crippen LogP contribution is -2.33. The Morgan fingerprint density at radius 3 is 2.92 bits per heavy atom. The van der Waals surface area contributed by atoms with Crippen LogP contribution in [0.4, 0.5) is 0 Å². The number of aromatic nitrogens is 1. The lowest BCUT2D eigenvalue weighted by Gasteiger charge is -2.16.